The Morgan fingerprint density at radius 3 is 2.57 bits per heavy atom. The monoisotopic (exact) mass is 588 g/mol. The molecule has 1 amide bonds. The third kappa shape index (κ3) is 7.39. The molecule has 1 N–H and O–H groups in total. The standard InChI is InChI=1S/C27H29BrN2O6S/c1-5-35-26(32)24-20(17-8-6-9-19(14-17)30(33)34)16-37-25(24)29-23(31)10-7-13-36-22-12-11-18(15-21(22)28)27(2,3)4/h6,8-9,11-12,14-16H,5,7,10,13H2,1-4H3,(H,29,31). The number of non-ortho nitro benzene ring substituents is 1. The van der Waals surface area contributed by atoms with Crippen LogP contribution in [0.1, 0.15) is 56.5 Å². The molecule has 3 rings (SSSR count). The van der Waals surface area contributed by atoms with Gasteiger partial charge in [0.25, 0.3) is 5.69 Å². The van der Waals surface area contributed by atoms with E-state index in [-0.39, 0.29) is 35.6 Å². The van der Waals surface area contributed by atoms with Crippen molar-refractivity contribution in [2.24, 2.45) is 0 Å². The number of benzene rings is 2. The summed E-state index contributed by atoms with van der Waals surface area (Å²) in [7, 11) is 0. The van der Waals surface area contributed by atoms with Gasteiger partial charge in [-0.3, -0.25) is 14.9 Å². The quantitative estimate of drug-likeness (QED) is 0.115. The Bertz CT molecular complexity index is 1300. The van der Waals surface area contributed by atoms with E-state index in [4.69, 9.17) is 9.47 Å². The van der Waals surface area contributed by atoms with Crippen molar-refractivity contribution < 1.29 is 24.0 Å². The lowest BCUT2D eigenvalue weighted by Crippen LogP contribution is -2.15. The zero-order chi connectivity index (χ0) is 27.2. The van der Waals surface area contributed by atoms with Gasteiger partial charge >= 0.3 is 5.97 Å². The summed E-state index contributed by atoms with van der Waals surface area (Å²) in [6.45, 7) is 8.60. The Morgan fingerprint density at radius 2 is 1.92 bits per heavy atom. The summed E-state index contributed by atoms with van der Waals surface area (Å²) >= 11 is 4.72. The number of nitro benzene ring substituents is 1. The molecular weight excluding hydrogens is 560 g/mol. The number of carbonyl (C=O) groups excluding carboxylic acids is 2. The highest BCUT2D eigenvalue weighted by atomic mass is 79.9. The van der Waals surface area contributed by atoms with Crippen LogP contribution < -0.4 is 10.1 Å². The maximum Gasteiger partial charge on any atom is 0.341 e. The average Bonchev–Trinajstić information content (AvgIpc) is 3.25. The molecule has 3 aromatic rings. The van der Waals surface area contributed by atoms with Crippen LogP contribution in [0, 0.1) is 10.1 Å². The lowest BCUT2D eigenvalue weighted by atomic mass is 9.87. The molecule has 0 bridgehead atoms. The molecule has 196 valence electrons. The highest BCUT2D eigenvalue weighted by Gasteiger charge is 2.24. The lowest BCUT2D eigenvalue weighted by molar-refractivity contribution is -0.384. The van der Waals surface area contributed by atoms with Crippen molar-refractivity contribution in [1.29, 1.82) is 0 Å². The van der Waals surface area contributed by atoms with E-state index >= 15 is 0 Å². The minimum Gasteiger partial charge on any atom is -0.492 e. The van der Waals surface area contributed by atoms with Gasteiger partial charge in [-0.15, -0.1) is 11.3 Å². The van der Waals surface area contributed by atoms with Crippen LogP contribution in [0.15, 0.2) is 52.3 Å². The van der Waals surface area contributed by atoms with Crippen molar-refractivity contribution in [2.75, 3.05) is 18.5 Å². The second-order valence-electron chi connectivity index (χ2n) is 9.28. The van der Waals surface area contributed by atoms with Crippen molar-refractivity contribution in [3.05, 3.63) is 73.6 Å². The fourth-order valence-corrected chi connectivity index (χ4v) is 5.01. The van der Waals surface area contributed by atoms with E-state index in [1.165, 1.54) is 29.0 Å². The summed E-state index contributed by atoms with van der Waals surface area (Å²) < 4.78 is 11.9. The second kappa shape index (κ2) is 12.3. The molecule has 37 heavy (non-hydrogen) atoms. The molecule has 0 aliphatic rings. The van der Waals surface area contributed by atoms with E-state index < -0.39 is 10.9 Å². The molecule has 0 aliphatic heterocycles. The Balaban J connectivity index is 1.66. The van der Waals surface area contributed by atoms with E-state index in [1.54, 1.807) is 24.4 Å². The SMILES string of the molecule is CCOC(=O)c1c(-c2cccc([N+](=O)[O-])c2)csc1NC(=O)CCCOc1ccc(C(C)(C)C)cc1Br. The number of amides is 1. The molecule has 10 heteroatoms. The molecule has 0 unspecified atom stereocenters. The number of nitrogens with zero attached hydrogens (tertiary/aromatic N) is 1. The number of hydrogen-bond donors (Lipinski definition) is 1. The second-order valence-corrected chi connectivity index (χ2v) is 11.0. The highest BCUT2D eigenvalue weighted by Crippen LogP contribution is 2.37. The topological polar surface area (TPSA) is 108 Å². The van der Waals surface area contributed by atoms with E-state index in [9.17, 15) is 19.7 Å². The molecule has 8 nitrogen and oxygen atoms in total. The Kier molecular flexibility index (Phi) is 9.45. The van der Waals surface area contributed by atoms with Crippen LogP contribution in [0.5, 0.6) is 5.75 Å². The smallest absolute Gasteiger partial charge is 0.341 e. The summed E-state index contributed by atoms with van der Waals surface area (Å²) in [6.07, 6.45) is 0.654. The first-order chi connectivity index (χ1) is 17.5. The van der Waals surface area contributed by atoms with E-state index in [1.807, 2.05) is 18.2 Å². The minimum atomic E-state index is -0.604. The summed E-state index contributed by atoms with van der Waals surface area (Å²) in [5, 5.41) is 16.0. The molecular formula is C27H29BrN2O6S. The Labute approximate surface area is 228 Å². The fourth-order valence-electron chi connectivity index (χ4n) is 3.54. The van der Waals surface area contributed by atoms with Crippen molar-refractivity contribution >= 4 is 49.8 Å². The molecule has 0 spiro atoms. The summed E-state index contributed by atoms with van der Waals surface area (Å²) in [5.74, 6) is -0.172. The van der Waals surface area contributed by atoms with Gasteiger partial charge in [0.05, 0.1) is 22.6 Å². The first kappa shape index (κ1) is 28.3. The van der Waals surface area contributed by atoms with Crippen LogP contribution >= 0.6 is 27.3 Å². The molecule has 0 saturated heterocycles. The lowest BCUT2D eigenvalue weighted by Gasteiger charge is -2.20. The van der Waals surface area contributed by atoms with Crippen molar-refractivity contribution in [3.63, 3.8) is 0 Å². The summed E-state index contributed by atoms with van der Waals surface area (Å²) in [4.78, 5) is 36.1. The first-order valence-electron chi connectivity index (χ1n) is 11.8. The van der Waals surface area contributed by atoms with Crippen LogP contribution in [0.25, 0.3) is 11.1 Å². The molecule has 0 radical (unpaired) electrons. The first-order valence-corrected chi connectivity index (χ1v) is 13.4. The molecule has 2 aromatic carbocycles. The van der Waals surface area contributed by atoms with Crippen LogP contribution in [-0.4, -0.2) is 30.0 Å². The number of thiophene rings is 1. The summed E-state index contributed by atoms with van der Waals surface area (Å²) in [6, 6.07) is 12.0. The molecule has 0 aliphatic carbocycles. The van der Waals surface area contributed by atoms with Gasteiger partial charge in [0.1, 0.15) is 16.3 Å². The van der Waals surface area contributed by atoms with E-state index in [2.05, 4.69) is 42.0 Å². The number of rotatable bonds is 10. The number of halogens is 1. The van der Waals surface area contributed by atoms with Crippen LogP contribution in [-0.2, 0) is 14.9 Å². The Morgan fingerprint density at radius 1 is 1.16 bits per heavy atom. The predicted molar refractivity (Wildman–Crippen MR) is 149 cm³/mol. The number of ether oxygens (including phenoxy) is 2. The molecule has 1 heterocycles. The van der Waals surface area contributed by atoms with Gasteiger partial charge in [-0.1, -0.05) is 39.0 Å². The number of esters is 1. The van der Waals surface area contributed by atoms with Gasteiger partial charge in [-0.25, -0.2) is 4.79 Å². The van der Waals surface area contributed by atoms with Gasteiger partial charge in [0, 0.05) is 29.5 Å². The maximum absolute atomic E-state index is 12.7. The number of carbonyl (C=O) groups is 2. The van der Waals surface area contributed by atoms with Gasteiger partial charge in [0.15, 0.2) is 0 Å². The number of nitrogens with one attached hydrogen (secondary N) is 1. The fraction of sp³-hybridized carbons (Fsp3) is 0.333. The van der Waals surface area contributed by atoms with Gasteiger partial charge in [-0.05, 0) is 57.9 Å². The van der Waals surface area contributed by atoms with E-state index in [0.717, 1.165) is 4.47 Å². The minimum absolute atomic E-state index is 0.0262. The summed E-state index contributed by atoms with van der Waals surface area (Å²) in [5.41, 5.74) is 2.26. The number of nitro groups is 1. The highest BCUT2D eigenvalue weighted by molar-refractivity contribution is 9.10. The van der Waals surface area contributed by atoms with Crippen molar-refractivity contribution in [1.82, 2.24) is 0 Å². The third-order valence-electron chi connectivity index (χ3n) is 5.50. The predicted octanol–water partition coefficient (Wildman–Crippen LogP) is 7.36. The van der Waals surface area contributed by atoms with Gasteiger partial charge < -0.3 is 14.8 Å². The third-order valence-corrected chi connectivity index (χ3v) is 7.01. The largest absolute Gasteiger partial charge is 0.492 e. The molecule has 0 saturated carbocycles. The van der Waals surface area contributed by atoms with Crippen LogP contribution in [0.3, 0.4) is 0 Å². The van der Waals surface area contributed by atoms with Crippen LogP contribution in [0.2, 0.25) is 0 Å². The molecule has 0 atom stereocenters. The normalized spacial score (nSPS) is 11.2. The maximum atomic E-state index is 12.7. The zero-order valence-corrected chi connectivity index (χ0v) is 23.5. The van der Waals surface area contributed by atoms with Crippen molar-refractivity contribution in [2.45, 2.75) is 46.0 Å². The Hall–Kier alpha value is -3.24. The van der Waals surface area contributed by atoms with Crippen LogP contribution in [0.4, 0.5) is 10.7 Å². The van der Waals surface area contributed by atoms with E-state index in [0.29, 0.717) is 34.9 Å². The number of anilines is 1. The van der Waals surface area contributed by atoms with Gasteiger partial charge in [0.2, 0.25) is 5.91 Å². The number of hydrogen-bond acceptors (Lipinski definition) is 7. The molecule has 0 fully saturated rings. The van der Waals surface area contributed by atoms with Gasteiger partial charge in [-0.2, -0.15) is 0 Å². The van der Waals surface area contributed by atoms with Crippen molar-refractivity contribution in [3.8, 4) is 16.9 Å². The average molecular weight is 590 g/mol. The molecule has 1 aromatic heterocycles. The zero-order valence-electron chi connectivity index (χ0n) is 21.1.